The van der Waals surface area contributed by atoms with E-state index in [1.165, 1.54) is 13.0 Å². The van der Waals surface area contributed by atoms with Gasteiger partial charge in [-0.3, -0.25) is 9.59 Å². The van der Waals surface area contributed by atoms with E-state index in [-0.39, 0.29) is 0 Å². The van der Waals surface area contributed by atoms with Gasteiger partial charge in [0.25, 0.3) is 0 Å². The Morgan fingerprint density at radius 3 is 2.30 bits per heavy atom. The molecule has 0 aromatic carbocycles. The van der Waals surface area contributed by atoms with Gasteiger partial charge in [0, 0.05) is 30.8 Å². The Bertz CT molecular complexity index is 936. The van der Waals surface area contributed by atoms with Crippen LogP contribution in [0.1, 0.15) is 61.3 Å². The summed E-state index contributed by atoms with van der Waals surface area (Å²) < 4.78 is 22.9. The van der Waals surface area contributed by atoms with E-state index >= 15 is 0 Å². The van der Waals surface area contributed by atoms with Crippen LogP contribution in [0.4, 0.5) is 0 Å². The number of aliphatic hydroxyl groups excluding tert-OH is 2. The summed E-state index contributed by atoms with van der Waals surface area (Å²) in [5, 5.41) is 23.2. The maximum Gasteiger partial charge on any atom is 0.331 e. The first-order valence-electron chi connectivity index (χ1n) is 13.2. The highest BCUT2D eigenvalue weighted by Crippen LogP contribution is 2.59. The Labute approximate surface area is 219 Å². The molecule has 1 saturated heterocycles. The van der Waals surface area contributed by atoms with Crippen molar-refractivity contribution in [2.75, 3.05) is 6.61 Å². The third kappa shape index (κ3) is 5.78. The van der Waals surface area contributed by atoms with Crippen LogP contribution in [0, 0.1) is 29.6 Å². The number of ether oxygens (including phenoxy) is 4. The maximum absolute atomic E-state index is 12.8. The van der Waals surface area contributed by atoms with Gasteiger partial charge in [-0.1, -0.05) is 32.9 Å². The number of fused-ring (bicyclic) bond motifs is 1. The molecule has 1 heterocycles. The average Bonchev–Trinajstić information content (AvgIpc) is 3.50. The van der Waals surface area contributed by atoms with Gasteiger partial charge >= 0.3 is 17.9 Å². The summed E-state index contributed by atoms with van der Waals surface area (Å²) in [5.74, 6) is -4.45. The third-order valence-corrected chi connectivity index (χ3v) is 8.46. The fraction of sp³-hybridized carbons (Fsp3) is 0.750. The van der Waals surface area contributed by atoms with Crippen LogP contribution in [0.15, 0.2) is 23.8 Å². The van der Waals surface area contributed by atoms with Gasteiger partial charge in [0.2, 0.25) is 0 Å². The normalized spacial score (nSPS) is 38.8. The fourth-order valence-corrected chi connectivity index (χ4v) is 6.04. The number of carbonyl (C=O) groups is 3. The fourth-order valence-electron chi connectivity index (χ4n) is 6.04. The van der Waals surface area contributed by atoms with E-state index in [1.807, 2.05) is 27.7 Å². The minimum atomic E-state index is -1.21. The molecule has 3 aliphatic rings. The molecule has 0 aromatic heterocycles. The Kier molecular flexibility index (Phi) is 8.92. The SMILES string of the molecule is C=C1[C@@H]2[C@H](O)[C@H](OC(=O)C(C)CC)[C@H]([C@H](C)OC(C)=O)[C@H]2[C@H]([C@@]2(C)CO2)[C@@H](O)[C@H]1OC(=O)/C=C(\C)CC. The molecule has 2 aliphatic carbocycles. The van der Waals surface area contributed by atoms with Crippen LogP contribution in [0.2, 0.25) is 0 Å². The molecule has 2 saturated carbocycles. The predicted octanol–water partition coefficient (Wildman–Crippen LogP) is 2.72. The molecular weight excluding hydrogens is 480 g/mol. The van der Waals surface area contributed by atoms with Crippen molar-refractivity contribution >= 4 is 17.9 Å². The molecular formula is C28H42O9. The second-order valence-corrected chi connectivity index (χ2v) is 11.1. The number of esters is 3. The lowest BCUT2D eigenvalue weighted by Gasteiger charge is -2.47. The van der Waals surface area contributed by atoms with E-state index in [1.54, 1.807) is 13.8 Å². The van der Waals surface area contributed by atoms with Crippen molar-refractivity contribution in [1.82, 2.24) is 0 Å². The van der Waals surface area contributed by atoms with Crippen molar-refractivity contribution in [3.63, 3.8) is 0 Å². The van der Waals surface area contributed by atoms with Crippen LogP contribution in [-0.4, -0.2) is 70.8 Å². The van der Waals surface area contributed by atoms with Crippen molar-refractivity contribution < 1.29 is 43.5 Å². The van der Waals surface area contributed by atoms with E-state index in [4.69, 9.17) is 18.9 Å². The standard InChI is InChI=1S/C28H42O9/c1-9-13(3)11-18(30)36-25-15(5)19-21(22(24(25)32)28(8)12-34-28)20(16(6)35-17(7)29)26(23(19)31)37-27(33)14(4)10-2/h11,14,16,19-26,31-32H,5,9-10,12H2,1-4,6-8H3/b13-11+/t14?,16-,19-,20+,21-,22-,23-,24+,25-,26+,28+/m0/s1. The van der Waals surface area contributed by atoms with Crippen molar-refractivity contribution in [1.29, 1.82) is 0 Å². The van der Waals surface area contributed by atoms with E-state index in [0.717, 1.165) is 5.57 Å². The van der Waals surface area contributed by atoms with Crippen molar-refractivity contribution in [3.8, 4) is 0 Å². The zero-order chi connectivity index (χ0) is 27.8. The number of hydrogen-bond donors (Lipinski definition) is 2. The predicted molar refractivity (Wildman–Crippen MR) is 134 cm³/mol. The molecule has 2 N–H and O–H groups in total. The number of rotatable bonds is 9. The lowest BCUT2D eigenvalue weighted by Crippen LogP contribution is -2.56. The van der Waals surface area contributed by atoms with Gasteiger partial charge in [-0.25, -0.2) is 4.79 Å². The summed E-state index contributed by atoms with van der Waals surface area (Å²) in [4.78, 5) is 37.4. The van der Waals surface area contributed by atoms with Crippen LogP contribution in [0.3, 0.4) is 0 Å². The molecule has 0 amide bonds. The Balaban J connectivity index is 2.05. The number of epoxide rings is 1. The minimum absolute atomic E-state index is 0.337. The first-order chi connectivity index (χ1) is 17.3. The Hall–Kier alpha value is -2.23. The van der Waals surface area contributed by atoms with Crippen LogP contribution < -0.4 is 0 Å². The summed E-state index contributed by atoms with van der Waals surface area (Å²) in [6.07, 6.45) is -2.65. The van der Waals surface area contributed by atoms with Crippen molar-refractivity contribution in [3.05, 3.63) is 23.8 Å². The van der Waals surface area contributed by atoms with Gasteiger partial charge in [0.05, 0.1) is 24.2 Å². The van der Waals surface area contributed by atoms with Gasteiger partial charge < -0.3 is 29.2 Å². The van der Waals surface area contributed by atoms with Crippen LogP contribution in [0.25, 0.3) is 0 Å². The smallest absolute Gasteiger partial charge is 0.331 e. The van der Waals surface area contributed by atoms with Crippen LogP contribution in [-0.2, 0) is 33.3 Å². The van der Waals surface area contributed by atoms with E-state index in [2.05, 4.69) is 6.58 Å². The molecule has 9 heteroatoms. The van der Waals surface area contributed by atoms with Gasteiger partial charge in [0.1, 0.15) is 24.4 Å². The molecule has 0 radical (unpaired) electrons. The highest BCUT2D eigenvalue weighted by atomic mass is 16.6. The Morgan fingerprint density at radius 2 is 1.78 bits per heavy atom. The summed E-state index contributed by atoms with van der Waals surface area (Å²) in [6, 6.07) is 0. The van der Waals surface area contributed by atoms with Gasteiger partial charge in [-0.15, -0.1) is 0 Å². The molecule has 0 spiro atoms. The first-order valence-corrected chi connectivity index (χ1v) is 13.2. The molecule has 1 unspecified atom stereocenters. The van der Waals surface area contributed by atoms with Crippen molar-refractivity contribution in [2.45, 2.75) is 97.4 Å². The second-order valence-electron chi connectivity index (χ2n) is 11.1. The minimum Gasteiger partial charge on any atom is -0.462 e. The average molecular weight is 523 g/mol. The lowest BCUT2D eigenvalue weighted by molar-refractivity contribution is -0.170. The first kappa shape index (κ1) is 29.3. The summed E-state index contributed by atoms with van der Waals surface area (Å²) in [6.45, 7) is 16.7. The largest absolute Gasteiger partial charge is 0.462 e. The highest BCUT2D eigenvalue weighted by molar-refractivity contribution is 5.83. The summed E-state index contributed by atoms with van der Waals surface area (Å²) >= 11 is 0. The van der Waals surface area contributed by atoms with Crippen molar-refractivity contribution in [2.24, 2.45) is 29.6 Å². The number of aliphatic hydroxyl groups is 2. The van der Waals surface area contributed by atoms with E-state index < -0.39 is 83.6 Å². The Morgan fingerprint density at radius 1 is 1.16 bits per heavy atom. The zero-order valence-electron chi connectivity index (χ0n) is 22.9. The maximum atomic E-state index is 12.8. The molecule has 37 heavy (non-hydrogen) atoms. The molecule has 0 aromatic rings. The van der Waals surface area contributed by atoms with E-state index in [9.17, 15) is 24.6 Å². The van der Waals surface area contributed by atoms with Gasteiger partial charge in [0.15, 0.2) is 0 Å². The number of hydrogen-bond acceptors (Lipinski definition) is 9. The number of carbonyl (C=O) groups excluding carboxylic acids is 3. The topological polar surface area (TPSA) is 132 Å². The van der Waals surface area contributed by atoms with E-state index in [0.29, 0.717) is 25.0 Å². The van der Waals surface area contributed by atoms with Crippen LogP contribution >= 0.6 is 0 Å². The highest BCUT2D eigenvalue weighted by Gasteiger charge is 2.68. The molecule has 0 bridgehead atoms. The second kappa shape index (κ2) is 11.3. The molecule has 3 fully saturated rings. The monoisotopic (exact) mass is 522 g/mol. The molecule has 11 atom stereocenters. The molecule has 3 rings (SSSR count). The summed E-state index contributed by atoms with van der Waals surface area (Å²) in [5.41, 5.74) is 0.399. The number of allylic oxidation sites excluding steroid dienone is 1. The third-order valence-electron chi connectivity index (χ3n) is 8.46. The quantitative estimate of drug-likeness (QED) is 0.154. The molecule has 208 valence electrons. The zero-order valence-corrected chi connectivity index (χ0v) is 22.9. The van der Waals surface area contributed by atoms with Gasteiger partial charge in [-0.2, -0.15) is 0 Å². The van der Waals surface area contributed by atoms with Crippen LogP contribution in [0.5, 0.6) is 0 Å². The molecule has 9 nitrogen and oxygen atoms in total. The summed E-state index contributed by atoms with van der Waals surface area (Å²) in [7, 11) is 0. The van der Waals surface area contributed by atoms with Gasteiger partial charge in [-0.05, 0) is 45.1 Å². The lowest BCUT2D eigenvalue weighted by atomic mass is 9.61. The molecule has 1 aliphatic heterocycles.